The molecule has 0 aliphatic carbocycles. The molecular weight excluding hydrogens is 356 g/mol. The quantitative estimate of drug-likeness (QED) is 0.743. The fourth-order valence-electron chi connectivity index (χ4n) is 3.77. The van der Waals surface area contributed by atoms with Crippen molar-refractivity contribution in [2.75, 3.05) is 30.4 Å². The zero-order valence-electron chi connectivity index (χ0n) is 16.4. The van der Waals surface area contributed by atoms with E-state index in [9.17, 15) is 4.79 Å². The lowest BCUT2D eigenvalue weighted by Crippen LogP contribution is -2.41. The van der Waals surface area contributed by atoms with Gasteiger partial charge in [0.15, 0.2) is 0 Å². The first-order valence-electron chi connectivity index (χ1n) is 9.48. The molecule has 3 aromatic rings. The molecule has 2 aromatic heterocycles. The maximum absolute atomic E-state index is 12.9. The van der Waals surface area contributed by atoms with Gasteiger partial charge in [-0.2, -0.15) is 0 Å². The Morgan fingerprint density at radius 3 is 2.93 bits per heavy atom. The number of amides is 1. The van der Waals surface area contributed by atoms with Crippen LogP contribution in [0.15, 0.2) is 35.0 Å². The molecule has 0 saturated carbocycles. The van der Waals surface area contributed by atoms with Gasteiger partial charge in [0, 0.05) is 18.7 Å². The second-order valence-electron chi connectivity index (χ2n) is 7.14. The largest absolute Gasteiger partial charge is 0.495 e. The van der Waals surface area contributed by atoms with E-state index >= 15 is 0 Å². The standard InChI is InChI=1S/C21H24N4O3/c1-13-14(2)28-21-18(13)19(22-12-23-21)25-10-6-7-15(11-25)20(26)24-16-8-4-5-9-17(16)27-3/h4-5,8-9,12,15H,6-7,10-11H2,1-3H3,(H,24,26)/t15-/m1/s1. The monoisotopic (exact) mass is 380 g/mol. The molecule has 1 fully saturated rings. The maximum Gasteiger partial charge on any atom is 0.231 e. The fraction of sp³-hybridized carbons (Fsp3) is 0.381. The maximum atomic E-state index is 12.9. The summed E-state index contributed by atoms with van der Waals surface area (Å²) >= 11 is 0. The first kappa shape index (κ1) is 18.3. The Kier molecular flexibility index (Phi) is 4.90. The van der Waals surface area contributed by atoms with Crippen LogP contribution in [0.25, 0.3) is 11.1 Å². The summed E-state index contributed by atoms with van der Waals surface area (Å²) in [5.74, 6) is 2.22. The Morgan fingerprint density at radius 2 is 2.11 bits per heavy atom. The number of fused-ring (bicyclic) bond motifs is 1. The number of aryl methyl sites for hydroxylation is 2. The first-order valence-corrected chi connectivity index (χ1v) is 9.48. The van der Waals surface area contributed by atoms with Crippen molar-refractivity contribution in [2.45, 2.75) is 26.7 Å². The number of anilines is 2. The third-order valence-corrected chi connectivity index (χ3v) is 5.40. The summed E-state index contributed by atoms with van der Waals surface area (Å²) in [5, 5.41) is 3.95. The summed E-state index contributed by atoms with van der Waals surface area (Å²) in [5.41, 5.74) is 2.34. The predicted octanol–water partition coefficient (Wildman–Crippen LogP) is 3.70. The number of benzene rings is 1. The van der Waals surface area contributed by atoms with E-state index in [0.717, 1.165) is 41.9 Å². The third kappa shape index (κ3) is 3.28. The van der Waals surface area contributed by atoms with E-state index in [0.29, 0.717) is 23.7 Å². The van der Waals surface area contributed by atoms with Crippen molar-refractivity contribution in [3.63, 3.8) is 0 Å². The number of para-hydroxylation sites is 2. The number of carbonyl (C=O) groups excluding carboxylic acids is 1. The second-order valence-corrected chi connectivity index (χ2v) is 7.14. The lowest BCUT2D eigenvalue weighted by atomic mass is 9.96. The summed E-state index contributed by atoms with van der Waals surface area (Å²) < 4.78 is 11.1. The molecule has 0 unspecified atom stereocenters. The Morgan fingerprint density at radius 1 is 1.29 bits per heavy atom. The Hall–Kier alpha value is -3.09. The van der Waals surface area contributed by atoms with Gasteiger partial charge in [0.05, 0.1) is 24.1 Å². The van der Waals surface area contributed by atoms with Crippen LogP contribution in [-0.2, 0) is 4.79 Å². The summed E-state index contributed by atoms with van der Waals surface area (Å²) in [7, 11) is 1.60. The number of hydrogen-bond donors (Lipinski definition) is 1. The van der Waals surface area contributed by atoms with Gasteiger partial charge in [-0.15, -0.1) is 0 Å². The van der Waals surface area contributed by atoms with Crippen molar-refractivity contribution in [2.24, 2.45) is 5.92 Å². The van der Waals surface area contributed by atoms with Gasteiger partial charge in [-0.05, 0) is 38.8 Å². The number of hydrogen-bond acceptors (Lipinski definition) is 6. The molecule has 0 bridgehead atoms. The summed E-state index contributed by atoms with van der Waals surface area (Å²) in [6.45, 7) is 5.41. The van der Waals surface area contributed by atoms with Gasteiger partial charge in [0.25, 0.3) is 0 Å². The molecule has 1 saturated heterocycles. The molecule has 146 valence electrons. The van der Waals surface area contributed by atoms with E-state index in [1.807, 2.05) is 38.1 Å². The van der Waals surface area contributed by atoms with Gasteiger partial charge in [-0.25, -0.2) is 9.97 Å². The number of furan rings is 1. The molecule has 1 N–H and O–H groups in total. The van der Waals surface area contributed by atoms with Gasteiger partial charge in [-0.3, -0.25) is 4.79 Å². The molecule has 1 aliphatic heterocycles. The smallest absolute Gasteiger partial charge is 0.231 e. The topological polar surface area (TPSA) is 80.5 Å². The summed E-state index contributed by atoms with van der Waals surface area (Å²) in [6.07, 6.45) is 3.29. The van der Waals surface area contributed by atoms with E-state index in [2.05, 4.69) is 20.2 Å². The van der Waals surface area contributed by atoms with Crippen molar-refractivity contribution in [1.29, 1.82) is 0 Å². The molecule has 3 heterocycles. The molecule has 1 atom stereocenters. The third-order valence-electron chi connectivity index (χ3n) is 5.40. The Balaban J connectivity index is 1.56. The molecule has 1 aromatic carbocycles. The number of carbonyl (C=O) groups is 1. The highest BCUT2D eigenvalue weighted by Crippen LogP contribution is 2.33. The van der Waals surface area contributed by atoms with Crippen molar-refractivity contribution in [3.8, 4) is 5.75 Å². The molecule has 4 rings (SSSR count). The van der Waals surface area contributed by atoms with Crippen LogP contribution in [-0.4, -0.2) is 36.1 Å². The minimum atomic E-state index is -0.128. The zero-order chi connectivity index (χ0) is 19.7. The van der Waals surface area contributed by atoms with Gasteiger partial charge in [0.2, 0.25) is 11.6 Å². The molecule has 1 aliphatic rings. The first-order chi connectivity index (χ1) is 13.6. The molecule has 1 amide bonds. The van der Waals surface area contributed by atoms with Crippen molar-refractivity contribution in [3.05, 3.63) is 41.9 Å². The Bertz CT molecular complexity index is 1010. The second kappa shape index (κ2) is 7.50. The number of rotatable bonds is 4. The van der Waals surface area contributed by atoms with E-state index in [1.54, 1.807) is 7.11 Å². The number of methoxy groups -OCH3 is 1. The molecule has 0 spiro atoms. The van der Waals surface area contributed by atoms with Crippen LogP contribution in [0.5, 0.6) is 5.75 Å². The van der Waals surface area contributed by atoms with Crippen LogP contribution in [0.1, 0.15) is 24.2 Å². The van der Waals surface area contributed by atoms with E-state index in [1.165, 1.54) is 6.33 Å². The molecule has 7 heteroatoms. The number of nitrogens with one attached hydrogen (secondary N) is 1. The highest BCUT2D eigenvalue weighted by molar-refractivity contribution is 5.95. The van der Waals surface area contributed by atoms with Crippen LogP contribution in [0.2, 0.25) is 0 Å². The predicted molar refractivity (Wildman–Crippen MR) is 108 cm³/mol. The lowest BCUT2D eigenvalue weighted by molar-refractivity contribution is -0.120. The highest BCUT2D eigenvalue weighted by Gasteiger charge is 2.29. The average molecular weight is 380 g/mol. The fourth-order valence-corrected chi connectivity index (χ4v) is 3.77. The van der Waals surface area contributed by atoms with Crippen molar-refractivity contribution in [1.82, 2.24) is 9.97 Å². The van der Waals surface area contributed by atoms with Crippen LogP contribution in [0.3, 0.4) is 0 Å². The normalized spacial score (nSPS) is 17.0. The molecule has 28 heavy (non-hydrogen) atoms. The zero-order valence-corrected chi connectivity index (χ0v) is 16.4. The molecule has 7 nitrogen and oxygen atoms in total. The van der Waals surface area contributed by atoms with Crippen LogP contribution < -0.4 is 15.0 Å². The van der Waals surface area contributed by atoms with Crippen molar-refractivity contribution < 1.29 is 13.9 Å². The van der Waals surface area contributed by atoms with Crippen LogP contribution >= 0.6 is 0 Å². The lowest BCUT2D eigenvalue weighted by Gasteiger charge is -2.33. The van der Waals surface area contributed by atoms with E-state index in [-0.39, 0.29) is 11.8 Å². The number of ether oxygens (including phenoxy) is 1. The Labute approximate surface area is 163 Å². The minimum Gasteiger partial charge on any atom is -0.495 e. The summed E-state index contributed by atoms with van der Waals surface area (Å²) in [4.78, 5) is 23.8. The van der Waals surface area contributed by atoms with Crippen LogP contribution in [0, 0.1) is 19.8 Å². The molecular formula is C21H24N4O3. The van der Waals surface area contributed by atoms with Crippen molar-refractivity contribution >= 4 is 28.5 Å². The number of nitrogens with zero attached hydrogens (tertiary/aromatic N) is 3. The molecule has 0 radical (unpaired) electrons. The van der Waals surface area contributed by atoms with E-state index in [4.69, 9.17) is 9.15 Å². The SMILES string of the molecule is COc1ccccc1NC(=O)[C@@H]1CCCN(c2ncnc3oc(C)c(C)c23)C1. The van der Waals surface area contributed by atoms with Gasteiger partial charge >= 0.3 is 0 Å². The highest BCUT2D eigenvalue weighted by atomic mass is 16.5. The van der Waals surface area contributed by atoms with Gasteiger partial charge in [0.1, 0.15) is 23.7 Å². The number of piperidine rings is 1. The van der Waals surface area contributed by atoms with Gasteiger partial charge < -0.3 is 19.4 Å². The van der Waals surface area contributed by atoms with Gasteiger partial charge in [-0.1, -0.05) is 12.1 Å². The average Bonchev–Trinajstić information content (AvgIpc) is 3.02. The van der Waals surface area contributed by atoms with E-state index < -0.39 is 0 Å². The number of aromatic nitrogens is 2. The summed E-state index contributed by atoms with van der Waals surface area (Å²) in [6, 6.07) is 7.45. The minimum absolute atomic E-state index is 0.000374. The van der Waals surface area contributed by atoms with Crippen LogP contribution in [0.4, 0.5) is 11.5 Å².